The number of hydrogen-bond acceptors (Lipinski definition) is 3. The fourth-order valence-corrected chi connectivity index (χ4v) is 3.06. The van der Waals surface area contributed by atoms with Gasteiger partial charge in [-0.1, -0.05) is 6.07 Å². The molecule has 0 radical (unpaired) electrons. The summed E-state index contributed by atoms with van der Waals surface area (Å²) in [6.45, 7) is 0. The average molecular weight is 260 g/mol. The van der Waals surface area contributed by atoms with E-state index in [1.807, 2.05) is 0 Å². The Morgan fingerprint density at radius 3 is 2.62 bits per heavy atom. The predicted molar refractivity (Wildman–Crippen MR) is 61.2 cm³/mol. The first-order chi connectivity index (χ1) is 7.41. The van der Waals surface area contributed by atoms with Crippen LogP contribution in [0.4, 0.5) is 5.69 Å². The predicted octanol–water partition coefficient (Wildman–Crippen LogP) is 1.52. The highest BCUT2D eigenvalue weighted by Gasteiger charge is 2.26. The first-order valence-corrected chi connectivity index (χ1v) is 7.05. The van der Waals surface area contributed by atoms with Gasteiger partial charge in [0.15, 0.2) is 0 Å². The van der Waals surface area contributed by atoms with Crippen molar-refractivity contribution in [3.8, 4) is 0 Å². The van der Waals surface area contributed by atoms with Gasteiger partial charge in [0.1, 0.15) is 0 Å². The van der Waals surface area contributed by atoms with Crippen molar-refractivity contribution >= 4 is 31.3 Å². The maximum absolute atomic E-state index is 11.5. The van der Waals surface area contributed by atoms with Crippen molar-refractivity contribution in [3.05, 3.63) is 23.8 Å². The zero-order chi connectivity index (χ0) is 11.9. The number of benzene rings is 1. The number of amides is 1. The van der Waals surface area contributed by atoms with Gasteiger partial charge in [0, 0.05) is 29.8 Å². The number of rotatable bonds is 1. The second kappa shape index (κ2) is 3.75. The Balaban J connectivity index is 2.67. The molecule has 1 amide bonds. The standard InChI is InChI=1S/C10H10ClNO3S/c1-12-8-3-2-4-9(16(11,14)15)7(8)5-6-10(12)13/h2-4H,5-6H2,1H3. The summed E-state index contributed by atoms with van der Waals surface area (Å²) < 4.78 is 22.7. The molecule has 1 aromatic rings. The van der Waals surface area contributed by atoms with Gasteiger partial charge in [-0.05, 0) is 24.1 Å². The monoisotopic (exact) mass is 259 g/mol. The molecule has 4 nitrogen and oxygen atoms in total. The molecule has 0 fully saturated rings. The van der Waals surface area contributed by atoms with Crippen LogP contribution in [0.3, 0.4) is 0 Å². The summed E-state index contributed by atoms with van der Waals surface area (Å²) in [4.78, 5) is 13.0. The highest BCUT2D eigenvalue weighted by atomic mass is 35.7. The second-order valence-electron chi connectivity index (χ2n) is 3.64. The number of carbonyl (C=O) groups is 1. The minimum Gasteiger partial charge on any atom is -0.315 e. The molecule has 0 aliphatic carbocycles. The molecule has 1 aliphatic rings. The van der Waals surface area contributed by atoms with E-state index in [1.165, 1.54) is 11.0 Å². The highest BCUT2D eigenvalue weighted by molar-refractivity contribution is 8.13. The van der Waals surface area contributed by atoms with Crippen LogP contribution in [0, 0.1) is 0 Å². The SMILES string of the molecule is CN1C(=O)CCc2c1cccc2S(=O)(=O)Cl. The summed E-state index contributed by atoms with van der Waals surface area (Å²) >= 11 is 0. The van der Waals surface area contributed by atoms with Crippen LogP contribution in [-0.4, -0.2) is 21.4 Å². The molecule has 0 spiro atoms. The lowest BCUT2D eigenvalue weighted by atomic mass is 10.0. The molecule has 0 N–H and O–H groups in total. The number of hydrogen-bond donors (Lipinski definition) is 0. The Labute approximate surface area is 98.2 Å². The summed E-state index contributed by atoms with van der Waals surface area (Å²) in [5.41, 5.74) is 1.25. The lowest BCUT2D eigenvalue weighted by Gasteiger charge is -2.26. The maximum Gasteiger partial charge on any atom is 0.261 e. The average Bonchev–Trinajstić information content (AvgIpc) is 2.21. The lowest BCUT2D eigenvalue weighted by Crippen LogP contribution is -2.31. The van der Waals surface area contributed by atoms with Crippen LogP contribution in [0.5, 0.6) is 0 Å². The molecule has 2 rings (SSSR count). The van der Waals surface area contributed by atoms with Crippen LogP contribution < -0.4 is 4.90 Å². The van der Waals surface area contributed by atoms with Gasteiger partial charge in [0.25, 0.3) is 9.05 Å². The molecule has 0 saturated heterocycles. The second-order valence-corrected chi connectivity index (χ2v) is 6.18. The van der Waals surface area contributed by atoms with Crippen LogP contribution in [0.1, 0.15) is 12.0 Å². The first-order valence-electron chi connectivity index (χ1n) is 4.74. The first kappa shape index (κ1) is 11.4. The van der Waals surface area contributed by atoms with Crippen molar-refractivity contribution in [2.24, 2.45) is 0 Å². The van der Waals surface area contributed by atoms with E-state index in [4.69, 9.17) is 10.7 Å². The molecule has 1 heterocycles. The largest absolute Gasteiger partial charge is 0.315 e. The fraction of sp³-hybridized carbons (Fsp3) is 0.300. The van der Waals surface area contributed by atoms with Gasteiger partial charge < -0.3 is 4.90 Å². The zero-order valence-corrected chi connectivity index (χ0v) is 10.2. The summed E-state index contributed by atoms with van der Waals surface area (Å²) in [6, 6.07) is 4.77. The number of anilines is 1. The number of nitrogens with zero attached hydrogens (tertiary/aromatic N) is 1. The van der Waals surface area contributed by atoms with Crippen LogP contribution in [-0.2, 0) is 20.3 Å². The maximum atomic E-state index is 11.5. The third kappa shape index (κ3) is 1.81. The van der Waals surface area contributed by atoms with Gasteiger partial charge in [-0.15, -0.1) is 0 Å². The minimum atomic E-state index is -3.75. The normalized spacial score (nSPS) is 16.1. The fourth-order valence-electron chi connectivity index (χ4n) is 1.88. The van der Waals surface area contributed by atoms with E-state index >= 15 is 0 Å². The molecule has 0 bridgehead atoms. The van der Waals surface area contributed by atoms with Crippen LogP contribution in [0.2, 0.25) is 0 Å². The van der Waals surface area contributed by atoms with E-state index in [0.717, 1.165) is 0 Å². The third-order valence-electron chi connectivity index (χ3n) is 2.70. The van der Waals surface area contributed by atoms with Crippen LogP contribution >= 0.6 is 10.7 Å². The summed E-state index contributed by atoms with van der Waals surface area (Å²) in [5.74, 6) is -0.0170. The summed E-state index contributed by atoms with van der Waals surface area (Å²) in [6.07, 6.45) is 0.730. The molecule has 6 heteroatoms. The van der Waals surface area contributed by atoms with E-state index in [0.29, 0.717) is 24.1 Å². The van der Waals surface area contributed by atoms with Gasteiger partial charge in [-0.3, -0.25) is 4.79 Å². The van der Waals surface area contributed by atoms with Crippen LogP contribution in [0.25, 0.3) is 0 Å². The lowest BCUT2D eigenvalue weighted by molar-refractivity contribution is -0.118. The Morgan fingerprint density at radius 1 is 1.31 bits per heavy atom. The summed E-state index contributed by atoms with van der Waals surface area (Å²) in [5, 5.41) is 0. The highest BCUT2D eigenvalue weighted by Crippen LogP contribution is 2.33. The van der Waals surface area contributed by atoms with Gasteiger partial charge >= 0.3 is 0 Å². The smallest absolute Gasteiger partial charge is 0.261 e. The molecule has 0 unspecified atom stereocenters. The van der Waals surface area contributed by atoms with Crippen molar-refractivity contribution in [1.82, 2.24) is 0 Å². The Hall–Kier alpha value is -1.07. The van der Waals surface area contributed by atoms with Crippen molar-refractivity contribution in [2.45, 2.75) is 17.7 Å². The molecule has 1 aliphatic heterocycles. The van der Waals surface area contributed by atoms with E-state index in [1.54, 1.807) is 19.2 Å². The molecule has 0 saturated carbocycles. The van der Waals surface area contributed by atoms with Crippen molar-refractivity contribution in [2.75, 3.05) is 11.9 Å². The van der Waals surface area contributed by atoms with Crippen molar-refractivity contribution < 1.29 is 13.2 Å². The number of fused-ring (bicyclic) bond motifs is 1. The summed E-state index contributed by atoms with van der Waals surface area (Å²) in [7, 11) is 3.23. The van der Waals surface area contributed by atoms with E-state index in [2.05, 4.69) is 0 Å². The van der Waals surface area contributed by atoms with Crippen molar-refractivity contribution in [1.29, 1.82) is 0 Å². The molecule has 16 heavy (non-hydrogen) atoms. The Bertz CT molecular complexity index is 553. The Kier molecular flexibility index (Phi) is 2.67. The topological polar surface area (TPSA) is 54.5 Å². The molecule has 0 aromatic heterocycles. The Morgan fingerprint density at radius 2 is 2.00 bits per heavy atom. The van der Waals surface area contributed by atoms with Gasteiger partial charge in [0.05, 0.1) is 4.90 Å². The molecule has 0 atom stereocenters. The number of halogens is 1. The van der Waals surface area contributed by atoms with Gasteiger partial charge in [0.2, 0.25) is 5.91 Å². The zero-order valence-electron chi connectivity index (χ0n) is 8.60. The number of carbonyl (C=O) groups excluding carboxylic acids is 1. The molecule has 86 valence electrons. The molecule has 1 aromatic carbocycles. The molecular formula is C10H10ClNO3S. The van der Waals surface area contributed by atoms with Crippen molar-refractivity contribution in [3.63, 3.8) is 0 Å². The van der Waals surface area contributed by atoms with Gasteiger partial charge in [-0.2, -0.15) is 0 Å². The third-order valence-corrected chi connectivity index (χ3v) is 4.10. The van der Waals surface area contributed by atoms with E-state index in [9.17, 15) is 13.2 Å². The quantitative estimate of drug-likeness (QED) is 0.719. The van der Waals surface area contributed by atoms with Gasteiger partial charge in [-0.25, -0.2) is 8.42 Å². The van der Waals surface area contributed by atoms with Crippen LogP contribution in [0.15, 0.2) is 23.1 Å². The minimum absolute atomic E-state index is 0.0170. The van der Waals surface area contributed by atoms with E-state index < -0.39 is 9.05 Å². The molecular weight excluding hydrogens is 250 g/mol. The van der Waals surface area contributed by atoms with E-state index in [-0.39, 0.29) is 10.8 Å².